The van der Waals surface area contributed by atoms with Gasteiger partial charge in [-0.1, -0.05) is 0 Å². The molecule has 0 amide bonds. The van der Waals surface area contributed by atoms with Crippen LogP contribution in [0.15, 0.2) is 0 Å². The fraction of sp³-hybridized carbons (Fsp3) is 1.00. The van der Waals surface area contributed by atoms with Gasteiger partial charge >= 0.3 is 0 Å². The molecule has 3 nitrogen and oxygen atoms in total. The van der Waals surface area contributed by atoms with Crippen molar-refractivity contribution >= 4 is 11.8 Å². The van der Waals surface area contributed by atoms with E-state index in [1.165, 1.54) is 30.8 Å². The Morgan fingerprint density at radius 1 is 1.17 bits per heavy atom. The average Bonchev–Trinajstić information content (AvgIpc) is 2.87. The summed E-state index contributed by atoms with van der Waals surface area (Å²) >= 11 is 2.05. The third-order valence-electron chi connectivity index (χ3n) is 5.32. The molecule has 0 aromatic carbocycles. The summed E-state index contributed by atoms with van der Waals surface area (Å²) in [5.41, 5.74) is 6.68. The quantitative estimate of drug-likeness (QED) is 0.835. The largest absolute Gasteiger partial charge is 0.381 e. The molecule has 2 atom stereocenters. The van der Waals surface area contributed by atoms with Gasteiger partial charge in [0.2, 0.25) is 0 Å². The molecule has 0 bridgehead atoms. The van der Waals surface area contributed by atoms with Gasteiger partial charge in [0, 0.05) is 25.6 Å². The lowest BCUT2D eigenvalue weighted by Gasteiger charge is -2.49. The van der Waals surface area contributed by atoms with E-state index in [9.17, 15) is 0 Å². The van der Waals surface area contributed by atoms with Gasteiger partial charge in [0.25, 0.3) is 0 Å². The van der Waals surface area contributed by atoms with Crippen molar-refractivity contribution in [2.45, 2.75) is 37.7 Å². The van der Waals surface area contributed by atoms with E-state index in [0.29, 0.717) is 5.41 Å². The zero-order valence-corrected chi connectivity index (χ0v) is 12.0. The predicted molar refractivity (Wildman–Crippen MR) is 74.9 cm³/mol. The van der Waals surface area contributed by atoms with Crippen molar-refractivity contribution in [2.24, 2.45) is 17.1 Å². The van der Waals surface area contributed by atoms with Gasteiger partial charge in [-0.05, 0) is 55.7 Å². The summed E-state index contributed by atoms with van der Waals surface area (Å²) in [5.74, 6) is 3.21. The summed E-state index contributed by atoms with van der Waals surface area (Å²) in [6.45, 7) is 3.56. The number of ether oxygens (including phenoxy) is 2. The molecule has 3 heterocycles. The predicted octanol–water partition coefficient (Wildman–Crippen LogP) is 2.04. The highest BCUT2D eigenvalue weighted by Crippen LogP contribution is 2.49. The van der Waals surface area contributed by atoms with Gasteiger partial charge in [-0.3, -0.25) is 0 Å². The Morgan fingerprint density at radius 2 is 2.00 bits per heavy atom. The second-order valence-electron chi connectivity index (χ2n) is 6.20. The van der Waals surface area contributed by atoms with Crippen LogP contribution in [-0.4, -0.2) is 43.5 Å². The van der Waals surface area contributed by atoms with E-state index in [2.05, 4.69) is 11.8 Å². The van der Waals surface area contributed by atoms with Crippen LogP contribution in [0.3, 0.4) is 0 Å². The minimum Gasteiger partial charge on any atom is -0.381 e. The molecule has 18 heavy (non-hydrogen) atoms. The number of thioether (sulfide) groups is 1. The molecule has 0 aromatic rings. The minimum atomic E-state index is 0.189. The normalized spacial score (nSPS) is 40.2. The Balaban J connectivity index is 1.73. The number of nitrogens with two attached hydrogens (primary N) is 1. The second kappa shape index (κ2) is 5.31. The lowest BCUT2D eigenvalue weighted by atomic mass is 9.64. The second-order valence-corrected chi connectivity index (χ2v) is 7.31. The van der Waals surface area contributed by atoms with Crippen LogP contribution >= 0.6 is 11.8 Å². The third kappa shape index (κ3) is 2.33. The van der Waals surface area contributed by atoms with E-state index in [1.54, 1.807) is 0 Å². The lowest BCUT2D eigenvalue weighted by molar-refractivity contribution is -0.121. The Kier molecular flexibility index (Phi) is 3.90. The average molecular weight is 271 g/mol. The van der Waals surface area contributed by atoms with E-state index in [4.69, 9.17) is 15.2 Å². The Bertz CT molecular complexity index is 286. The first kappa shape index (κ1) is 13.2. The van der Waals surface area contributed by atoms with Crippen molar-refractivity contribution in [3.05, 3.63) is 0 Å². The lowest BCUT2D eigenvalue weighted by Crippen LogP contribution is -2.50. The van der Waals surface area contributed by atoms with Gasteiger partial charge in [0.1, 0.15) is 0 Å². The van der Waals surface area contributed by atoms with Crippen LogP contribution in [0.4, 0.5) is 0 Å². The summed E-state index contributed by atoms with van der Waals surface area (Å²) in [4.78, 5) is 0. The molecular formula is C14H25NO2S. The molecule has 3 fully saturated rings. The van der Waals surface area contributed by atoms with E-state index in [-0.39, 0.29) is 5.60 Å². The van der Waals surface area contributed by atoms with Crippen molar-refractivity contribution in [3.63, 3.8) is 0 Å². The molecule has 3 rings (SSSR count). The van der Waals surface area contributed by atoms with E-state index in [0.717, 1.165) is 45.1 Å². The molecule has 4 heteroatoms. The monoisotopic (exact) mass is 271 g/mol. The number of hydrogen-bond acceptors (Lipinski definition) is 4. The SMILES string of the molecule is NCC1(C2CCOC3(CCSC3)C2)CCOCC1. The molecule has 0 aromatic heterocycles. The first-order valence-electron chi connectivity index (χ1n) is 7.28. The summed E-state index contributed by atoms with van der Waals surface area (Å²) in [5, 5.41) is 0. The van der Waals surface area contributed by atoms with Crippen molar-refractivity contribution in [1.29, 1.82) is 0 Å². The van der Waals surface area contributed by atoms with E-state index in [1.807, 2.05) is 0 Å². The Hall–Kier alpha value is 0.230. The molecule has 3 aliphatic heterocycles. The maximum atomic E-state index is 6.15. The van der Waals surface area contributed by atoms with Crippen molar-refractivity contribution in [1.82, 2.24) is 0 Å². The van der Waals surface area contributed by atoms with Crippen molar-refractivity contribution < 1.29 is 9.47 Å². The molecule has 0 radical (unpaired) electrons. The standard InChI is InChI=1S/C14H25NO2S/c15-10-13(2-6-16-7-3-13)12-1-5-17-14(9-12)4-8-18-11-14/h12H,1-11,15H2. The third-order valence-corrected chi connectivity index (χ3v) is 6.54. The molecule has 2 unspecified atom stereocenters. The van der Waals surface area contributed by atoms with Crippen LogP contribution in [0.1, 0.15) is 32.1 Å². The highest BCUT2D eigenvalue weighted by molar-refractivity contribution is 7.99. The molecule has 0 aliphatic carbocycles. The molecule has 2 N–H and O–H groups in total. The first-order chi connectivity index (χ1) is 8.79. The van der Waals surface area contributed by atoms with Gasteiger partial charge in [0.15, 0.2) is 0 Å². The van der Waals surface area contributed by atoms with Gasteiger partial charge in [-0.2, -0.15) is 11.8 Å². The summed E-state index contributed by atoms with van der Waals surface area (Å²) in [6, 6.07) is 0. The van der Waals surface area contributed by atoms with Gasteiger partial charge in [-0.25, -0.2) is 0 Å². The topological polar surface area (TPSA) is 44.5 Å². The zero-order chi connectivity index (χ0) is 12.5. The smallest absolute Gasteiger partial charge is 0.0783 e. The summed E-state index contributed by atoms with van der Waals surface area (Å²) in [6.07, 6.45) is 5.97. The highest BCUT2D eigenvalue weighted by Gasteiger charge is 2.47. The van der Waals surface area contributed by atoms with Gasteiger partial charge in [0.05, 0.1) is 5.60 Å². The van der Waals surface area contributed by atoms with E-state index < -0.39 is 0 Å². The van der Waals surface area contributed by atoms with Crippen LogP contribution < -0.4 is 5.73 Å². The maximum Gasteiger partial charge on any atom is 0.0783 e. The molecule has 0 saturated carbocycles. The zero-order valence-electron chi connectivity index (χ0n) is 11.2. The Morgan fingerprint density at radius 3 is 2.67 bits per heavy atom. The van der Waals surface area contributed by atoms with Crippen LogP contribution in [0, 0.1) is 11.3 Å². The summed E-state index contributed by atoms with van der Waals surface area (Å²) < 4.78 is 11.7. The molecule has 3 aliphatic rings. The maximum absolute atomic E-state index is 6.15. The fourth-order valence-electron chi connectivity index (χ4n) is 3.97. The molecular weight excluding hydrogens is 246 g/mol. The van der Waals surface area contributed by atoms with Crippen LogP contribution in [0.25, 0.3) is 0 Å². The van der Waals surface area contributed by atoms with Gasteiger partial charge < -0.3 is 15.2 Å². The van der Waals surface area contributed by atoms with Crippen molar-refractivity contribution in [2.75, 3.05) is 37.9 Å². The van der Waals surface area contributed by atoms with Crippen LogP contribution in [-0.2, 0) is 9.47 Å². The molecule has 3 saturated heterocycles. The highest BCUT2D eigenvalue weighted by atomic mass is 32.2. The van der Waals surface area contributed by atoms with Gasteiger partial charge in [-0.15, -0.1) is 0 Å². The molecule has 104 valence electrons. The van der Waals surface area contributed by atoms with Crippen LogP contribution in [0.5, 0.6) is 0 Å². The fourth-order valence-corrected chi connectivity index (χ4v) is 5.35. The Labute approximate surface area is 114 Å². The summed E-state index contributed by atoms with van der Waals surface area (Å²) in [7, 11) is 0. The van der Waals surface area contributed by atoms with Crippen LogP contribution in [0.2, 0.25) is 0 Å². The number of hydrogen-bond donors (Lipinski definition) is 1. The van der Waals surface area contributed by atoms with E-state index >= 15 is 0 Å². The first-order valence-corrected chi connectivity index (χ1v) is 8.44. The number of rotatable bonds is 2. The minimum absolute atomic E-state index is 0.189. The molecule has 1 spiro atoms. The van der Waals surface area contributed by atoms with Crippen molar-refractivity contribution in [3.8, 4) is 0 Å².